The highest BCUT2D eigenvalue weighted by atomic mass is 16.1. The lowest BCUT2D eigenvalue weighted by Crippen LogP contribution is -2.35. The number of rotatable bonds is 3. The molecule has 3 rings (SSSR count). The number of carbonyl (C=O) groups excluding carboxylic acids is 1. The zero-order chi connectivity index (χ0) is 13.1. The predicted molar refractivity (Wildman–Crippen MR) is 73.5 cm³/mol. The van der Waals surface area contributed by atoms with Crippen LogP contribution in [0, 0.1) is 5.92 Å². The number of aromatic nitrogens is 2. The van der Waals surface area contributed by atoms with Crippen molar-refractivity contribution < 1.29 is 4.79 Å². The molecular weight excluding hydrogens is 238 g/mol. The summed E-state index contributed by atoms with van der Waals surface area (Å²) in [7, 11) is 0. The quantitative estimate of drug-likeness (QED) is 0.854. The van der Waals surface area contributed by atoms with E-state index in [2.05, 4.69) is 10.4 Å². The number of benzene rings is 1. The highest BCUT2D eigenvalue weighted by Gasteiger charge is 2.25. The van der Waals surface area contributed by atoms with Gasteiger partial charge in [-0.3, -0.25) is 4.79 Å². The smallest absolute Gasteiger partial charge is 0.185 e. The fourth-order valence-electron chi connectivity index (χ4n) is 2.55. The van der Waals surface area contributed by atoms with E-state index in [1.807, 2.05) is 36.4 Å². The van der Waals surface area contributed by atoms with Gasteiger partial charge in [0.05, 0.1) is 11.9 Å². The Morgan fingerprint density at radius 2 is 2.11 bits per heavy atom. The van der Waals surface area contributed by atoms with Gasteiger partial charge in [0.25, 0.3) is 0 Å². The number of carbonyl (C=O) groups is 1. The molecule has 1 N–H and O–H groups in total. The second-order valence-electron chi connectivity index (χ2n) is 4.87. The molecule has 2 aromatic rings. The molecule has 0 aliphatic carbocycles. The second kappa shape index (κ2) is 5.36. The van der Waals surface area contributed by atoms with Crippen molar-refractivity contribution in [3.8, 4) is 5.69 Å². The first-order valence-electron chi connectivity index (χ1n) is 6.70. The molecule has 1 aliphatic rings. The average Bonchev–Trinajstić information content (AvgIpc) is 2.98. The number of Topliss-reactive ketones (excluding diaryl/α,β-unsaturated/α-hetero) is 1. The fraction of sp³-hybridized carbons (Fsp3) is 0.333. The van der Waals surface area contributed by atoms with Gasteiger partial charge in [0.15, 0.2) is 5.78 Å². The second-order valence-corrected chi connectivity index (χ2v) is 4.87. The summed E-state index contributed by atoms with van der Waals surface area (Å²) in [5.74, 6) is 0.265. The number of nitrogens with one attached hydrogen (secondary N) is 1. The normalized spacial score (nSPS) is 19.3. The van der Waals surface area contributed by atoms with Crippen LogP contribution in [-0.4, -0.2) is 28.7 Å². The monoisotopic (exact) mass is 255 g/mol. The number of hydrogen-bond donors (Lipinski definition) is 1. The first-order chi connectivity index (χ1) is 9.36. The van der Waals surface area contributed by atoms with Gasteiger partial charge in [-0.25, -0.2) is 4.68 Å². The van der Waals surface area contributed by atoms with Gasteiger partial charge in [0.1, 0.15) is 5.69 Å². The Morgan fingerprint density at radius 1 is 1.26 bits per heavy atom. The minimum absolute atomic E-state index is 0.0768. The average molecular weight is 255 g/mol. The molecule has 98 valence electrons. The summed E-state index contributed by atoms with van der Waals surface area (Å²) >= 11 is 0. The summed E-state index contributed by atoms with van der Waals surface area (Å²) in [6.07, 6.45) is 3.72. The van der Waals surface area contributed by atoms with Crippen LogP contribution in [0.25, 0.3) is 5.69 Å². The van der Waals surface area contributed by atoms with E-state index in [0.717, 1.165) is 31.6 Å². The van der Waals surface area contributed by atoms with Crippen molar-refractivity contribution in [3.63, 3.8) is 0 Å². The van der Waals surface area contributed by atoms with Crippen LogP contribution >= 0.6 is 0 Å². The van der Waals surface area contributed by atoms with Crippen molar-refractivity contribution in [1.29, 1.82) is 0 Å². The predicted octanol–water partition coefficient (Wildman–Crippen LogP) is 2.05. The van der Waals surface area contributed by atoms with Crippen molar-refractivity contribution in [3.05, 3.63) is 48.3 Å². The number of para-hydroxylation sites is 1. The van der Waals surface area contributed by atoms with Gasteiger partial charge >= 0.3 is 0 Å². The van der Waals surface area contributed by atoms with Gasteiger partial charge in [-0.15, -0.1) is 0 Å². The van der Waals surface area contributed by atoms with Crippen LogP contribution in [0.3, 0.4) is 0 Å². The Hall–Kier alpha value is -1.94. The van der Waals surface area contributed by atoms with Crippen molar-refractivity contribution >= 4 is 5.78 Å². The van der Waals surface area contributed by atoms with Gasteiger partial charge < -0.3 is 5.32 Å². The zero-order valence-electron chi connectivity index (χ0n) is 10.7. The summed E-state index contributed by atoms with van der Waals surface area (Å²) in [5.41, 5.74) is 1.61. The molecule has 0 radical (unpaired) electrons. The standard InChI is InChI=1S/C15H17N3O/c19-15(12-5-4-9-16-11-12)14-8-10-17-18(14)13-6-2-1-3-7-13/h1-3,6-8,10,12,16H,4-5,9,11H2. The van der Waals surface area contributed by atoms with Crippen molar-refractivity contribution in [2.75, 3.05) is 13.1 Å². The van der Waals surface area contributed by atoms with Crippen LogP contribution in [0.4, 0.5) is 0 Å². The summed E-state index contributed by atoms with van der Waals surface area (Å²) in [6.45, 7) is 1.79. The zero-order valence-corrected chi connectivity index (χ0v) is 10.7. The molecule has 1 unspecified atom stereocenters. The molecule has 1 aromatic heterocycles. The Labute approximate surface area is 112 Å². The maximum absolute atomic E-state index is 12.6. The van der Waals surface area contributed by atoms with E-state index in [0.29, 0.717) is 5.69 Å². The molecule has 2 heterocycles. The van der Waals surface area contributed by atoms with Crippen molar-refractivity contribution in [2.24, 2.45) is 5.92 Å². The molecule has 1 fully saturated rings. The first kappa shape index (κ1) is 12.1. The van der Waals surface area contributed by atoms with Gasteiger partial charge in [0.2, 0.25) is 0 Å². The highest BCUT2D eigenvalue weighted by Crippen LogP contribution is 2.18. The SMILES string of the molecule is O=C(c1ccnn1-c1ccccc1)C1CCCNC1. The number of hydrogen-bond acceptors (Lipinski definition) is 3. The largest absolute Gasteiger partial charge is 0.316 e. The molecule has 1 aliphatic heterocycles. The van der Waals surface area contributed by atoms with E-state index < -0.39 is 0 Å². The molecule has 19 heavy (non-hydrogen) atoms. The first-order valence-corrected chi connectivity index (χ1v) is 6.70. The number of ketones is 1. The third-order valence-corrected chi connectivity index (χ3v) is 3.56. The Kier molecular flexibility index (Phi) is 3.42. The topological polar surface area (TPSA) is 46.9 Å². The Morgan fingerprint density at radius 3 is 2.84 bits per heavy atom. The van der Waals surface area contributed by atoms with Crippen molar-refractivity contribution in [2.45, 2.75) is 12.8 Å². The third kappa shape index (κ3) is 2.44. The van der Waals surface area contributed by atoms with E-state index in [1.54, 1.807) is 10.9 Å². The molecule has 4 nitrogen and oxygen atoms in total. The molecule has 0 spiro atoms. The third-order valence-electron chi connectivity index (χ3n) is 3.56. The van der Waals surface area contributed by atoms with Gasteiger partial charge in [0, 0.05) is 12.5 Å². The van der Waals surface area contributed by atoms with E-state index in [-0.39, 0.29) is 11.7 Å². The number of nitrogens with zero attached hydrogens (tertiary/aromatic N) is 2. The van der Waals surface area contributed by atoms with Crippen LogP contribution < -0.4 is 5.32 Å². The van der Waals surface area contributed by atoms with Crippen LogP contribution in [0.2, 0.25) is 0 Å². The van der Waals surface area contributed by atoms with Crippen LogP contribution in [0.5, 0.6) is 0 Å². The van der Waals surface area contributed by atoms with E-state index in [1.165, 1.54) is 0 Å². The summed E-state index contributed by atoms with van der Waals surface area (Å²) < 4.78 is 1.73. The lowest BCUT2D eigenvalue weighted by atomic mass is 9.93. The molecular formula is C15H17N3O. The maximum Gasteiger partial charge on any atom is 0.185 e. The van der Waals surface area contributed by atoms with E-state index >= 15 is 0 Å². The molecule has 4 heteroatoms. The summed E-state index contributed by atoms with van der Waals surface area (Å²) in [5, 5.41) is 7.56. The lowest BCUT2D eigenvalue weighted by molar-refractivity contribution is 0.0891. The van der Waals surface area contributed by atoms with Crippen LogP contribution in [0.15, 0.2) is 42.6 Å². The van der Waals surface area contributed by atoms with E-state index in [4.69, 9.17) is 0 Å². The van der Waals surface area contributed by atoms with Crippen molar-refractivity contribution in [1.82, 2.24) is 15.1 Å². The lowest BCUT2D eigenvalue weighted by Gasteiger charge is -2.21. The summed E-state index contributed by atoms with van der Waals surface area (Å²) in [4.78, 5) is 12.6. The molecule has 0 bridgehead atoms. The summed E-state index contributed by atoms with van der Waals surface area (Å²) in [6, 6.07) is 11.6. The minimum Gasteiger partial charge on any atom is -0.316 e. The highest BCUT2D eigenvalue weighted by molar-refractivity contribution is 5.97. The molecule has 0 saturated carbocycles. The van der Waals surface area contributed by atoms with E-state index in [9.17, 15) is 4.79 Å². The minimum atomic E-state index is 0.0768. The maximum atomic E-state index is 12.6. The van der Waals surface area contributed by atoms with Crippen LogP contribution in [-0.2, 0) is 0 Å². The molecule has 1 atom stereocenters. The van der Waals surface area contributed by atoms with Gasteiger partial charge in [-0.1, -0.05) is 18.2 Å². The Bertz CT molecular complexity index is 556. The molecule has 1 aromatic carbocycles. The Balaban J connectivity index is 1.89. The number of piperidine rings is 1. The molecule has 1 saturated heterocycles. The molecule has 0 amide bonds. The fourth-order valence-corrected chi connectivity index (χ4v) is 2.55. The van der Waals surface area contributed by atoms with Crippen LogP contribution in [0.1, 0.15) is 23.3 Å². The van der Waals surface area contributed by atoms with Gasteiger partial charge in [-0.2, -0.15) is 5.10 Å². The van der Waals surface area contributed by atoms with Gasteiger partial charge in [-0.05, 0) is 37.6 Å².